The van der Waals surface area contributed by atoms with E-state index in [1.807, 2.05) is 6.92 Å². The minimum atomic E-state index is -3.88. The van der Waals surface area contributed by atoms with Crippen molar-refractivity contribution in [1.82, 2.24) is 9.21 Å². The molecular weight excluding hydrogens is 331 g/mol. The fourth-order valence-electron chi connectivity index (χ4n) is 3.17. The number of hydrogen-bond donors (Lipinski definition) is 2. The van der Waals surface area contributed by atoms with Crippen LogP contribution in [0, 0.1) is 5.92 Å². The smallest absolute Gasteiger partial charge is 0.423 e. The highest BCUT2D eigenvalue weighted by Gasteiger charge is 2.42. The van der Waals surface area contributed by atoms with Crippen LogP contribution in [0.5, 0.6) is 0 Å². The molecule has 9 heteroatoms. The van der Waals surface area contributed by atoms with Gasteiger partial charge < -0.3 is 14.9 Å². The van der Waals surface area contributed by atoms with Gasteiger partial charge in [0.15, 0.2) is 0 Å². The summed E-state index contributed by atoms with van der Waals surface area (Å²) in [5, 5.41) is 18.9. The number of carbonyl (C=O) groups is 1. The third-order valence-electron chi connectivity index (χ3n) is 4.87. The van der Waals surface area contributed by atoms with Crippen LogP contribution in [0.25, 0.3) is 0 Å². The van der Waals surface area contributed by atoms with Crippen molar-refractivity contribution in [3.63, 3.8) is 0 Å². The van der Waals surface area contributed by atoms with E-state index in [1.54, 1.807) is 4.90 Å². The Morgan fingerprint density at radius 1 is 1.29 bits per heavy atom. The molecule has 2 aliphatic rings. The zero-order chi connectivity index (χ0) is 17.8. The number of nitrogens with zero attached hydrogens (tertiary/aromatic N) is 2. The van der Waals surface area contributed by atoms with Crippen molar-refractivity contribution >= 4 is 28.5 Å². The first kappa shape index (κ1) is 17.4. The maximum absolute atomic E-state index is 12.9. The molecule has 1 aromatic rings. The van der Waals surface area contributed by atoms with Gasteiger partial charge in [-0.3, -0.25) is 4.79 Å². The van der Waals surface area contributed by atoms with E-state index in [2.05, 4.69) is 0 Å². The first-order valence-corrected chi connectivity index (χ1v) is 9.35. The molecule has 0 bridgehead atoms. The molecule has 1 unspecified atom stereocenters. The van der Waals surface area contributed by atoms with E-state index >= 15 is 0 Å². The highest BCUT2D eigenvalue weighted by Crippen LogP contribution is 2.39. The summed E-state index contributed by atoms with van der Waals surface area (Å²) < 4.78 is 26.3. The van der Waals surface area contributed by atoms with Gasteiger partial charge in [-0.15, -0.1) is 0 Å². The summed E-state index contributed by atoms with van der Waals surface area (Å²) in [4.78, 5) is 14.4. The predicted molar refractivity (Wildman–Crippen MR) is 89.2 cm³/mol. The molecule has 2 N–H and O–H groups in total. The van der Waals surface area contributed by atoms with Crippen molar-refractivity contribution in [3.05, 3.63) is 23.3 Å². The average Bonchev–Trinajstić information content (AvgIpc) is 3.30. The van der Waals surface area contributed by atoms with E-state index in [0.29, 0.717) is 18.0 Å². The molecule has 0 spiro atoms. The number of carbonyl (C=O) groups excluding carboxylic acids is 1. The molecule has 7 nitrogen and oxygen atoms in total. The van der Waals surface area contributed by atoms with Crippen LogP contribution in [0.2, 0.25) is 0 Å². The molecule has 1 saturated carbocycles. The Balaban J connectivity index is 2.14. The molecule has 0 saturated heterocycles. The molecule has 1 atom stereocenters. The van der Waals surface area contributed by atoms with Crippen molar-refractivity contribution in [3.8, 4) is 0 Å². The summed E-state index contributed by atoms with van der Waals surface area (Å²) >= 11 is 0. The van der Waals surface area contributed by atoms with Crippen LogP contribution in [-0.4, -0.2) is 60.8 Å². The molecule has 24 heavy (non-hydrogen) atoms. The minimum Gasteiger partial charge on any atom is -0.423 e. The molecule has 0 radical (unpaired) electrons. The van der Waals surface area contributed by atoms with Gasteiger partial charge in [0.25, 0.3) is 5.91 Å². The van der Waals surface area contributed by atoms with Gasteiger partial charge in [0, 0.05) is 26.7 Å². The summed E-state index contributed by atoms with van der Waals surface area (Å²) in [5.41, 5.74) is 0.752. The predicted octanol–water partition coefficient (Wildman–Crippen LogP) is -0.629. The van der Waals surface area contributed by atoms with E-state index in [1.165, 1.54) is 26.2 Å². The normalized spacial score (nSPS) is 18.9. The maximum atomic E-state index is 12.9. The zero-order valence-electron chi connectivity index (χ0n) is 13.9. The summed E-state index contributed by atoms with van der Waals surface area (Å²) in [5.74, 6) is 0.156. The van der Waals surface area contributed by atoms with E-state index in [4.69, 9.17) is 0 Å². The minimum absolute atomic E-state index is 0.0438. The zero-order valence-corrected chi connectivity index (χ0v) is 14.7. The second-order valence-electron chi connectivity index (χ2n) is 6.73. The fourth-order valence-corrected chi connectivity index (χ4v) is 4.33. The number of sulfonamides is 1. The van der Waals surface area contributed by atoms with Crippen LogP contribution < -0.4 is 5.46 Å². The van der Waals surface area contributed by atoms with Crippen molar-refractivity contribution < 1.29 is 23.3 Å². The van der Waals surface area contributed by atoms with Crippen LogP contribution in [0.15, 0.2) is 17.0 Å². The number of fused-ring (bicyclic) bond motifs is 1. The van der Waals surface area contributed by atoms with Gasteiger partial charge >= 0.3 is 7.12 Å². The third-order valence-corrected chi connectivity index (χ3v) is 6.71. The van der Waals surface area contributed by atoms with Crippen molar-refractivity contribution in [2.45, 2.75) is 37.2 Å². The van der Waals surface area contributed by atoms with Gasteiger partial charge in [-0.1, -0.05) is 6.07 Å². The summed E-state index contributed by atoms with van der Waals surface area (Å²) in [6.45, 7) is 2.27. The SMILES string of the molecule is CC(C1CC1)N1Cc2cc(B(O)O)cc(S(=O)(=O)N(C)C)c2C1=O. The molecule has 0 aromatic heterocycles. The van der Waals surface area contributed by atoms with Gasteiger partial charge in [-0.2, -0.15) is 0 Å². The lowest BCUT2D eigenvalue weighted by molar-refractivity contribution is 0.0694. The first-order chi connectivity index (χ1) is 11.1. The molecule has 3 rings (SSSR count). The molecule has 1 fully saturated rings. The Kier molecular flexibility index (Phi) is 4.23. The third kappa shape index (κ3) is 2.75. The fraction of sp³-hybridized carbons (Fsp3) is 0.533. The first-order valence-electron chi connectivity index (χ1n) is 7.91. The van der Waals surface area contributed by atoms with Crippen LogP contribution >= 0.6 is 0 Å². The van der Waals surface area contributed by atoms with E-state index in [9.17, 15) is 23.3 Å². The molecule has 1 aliphatic carbocycles. The Hall–Kier alpha value is -1.42. The lowest BCUT2D eigenvalue weighted by Crippen LogP contribution is -2.35. The lowest BCUT2D eigenvalue weighted by atomic mass is 9.79. The standard InChI is InChI=1S/C15H21BN2O5S/c1-9(10-4-5-10)18-8-11-6-12(16(20)21)7-13(14(11)15(18)19)24(22,23)17(2)3/h6-7,9-10,20-21H,4-5,8H2,1-3H3. The van der Waals surface area contributed by atoms with Gasteiger partial charge in [0.2, 0.25) is 10.0 Å². The Morgan fingerprint density at radius 3 is 2.42 bits per heavy atom. The average molecular weight is 352 g/mol. The van der Waals surface area contributed by atoms with E-state index < -0.39 is 17.1 Å². The summed E-state index contributed by atoms with van der Waals surface area (Å²) in [6.07, 6.45) is 2.15. The molecule has 130 valence electrons. The molecule has 1 aliphatic heterocycles. The van der Waals surface area contributed by atoms with Crippen LogP contribution in [0.1, 0.15) is 35.7 Å². The van der Waals surface area contributed by atoms with Gasteiger partial charge in [-0.05, 0) is 42.8 Å². The number of rotatable bonds is 5. The van der Waals surface area contributed by atoms with Gasteiger partial charge in [-0.25, -0.2) is 12.7 Å². The quantitative estimate of drug-likeness (QED) is 0.688. The molecule has 1 aromatic carbocycles. The van der Waals surface area contributed by atoms with Crippen molar-refractivity contribution in [2.75, 3.05) is 14.1 Å². The highest BCUT2D eigenvalue weighted by molar-refractivity contribution is 7.89. The Labute approximate surface area is 142 Å². The van der Waals surface area contributed by atoms with Crippen LogP contribution in [0.4, 0.5) is 0 Å². The van der Waals surface area contributed by atoms with Gasteiger partial charge in [0.1, 0.15) is 0 Å². The molecule has 1 amide bonds. The Morgan fingerprint density at radius 2 is 1.92 bits per heavy atom. The second-order valence-corrected chi connectivity index (χ2v) is 8.85. The van der Waals surface area contributed by atoms with E-state index in [0.717, 1.165) is 17.1 Å². The molecule has 1 heterocycles. The largest absolute Gasteiger partial charge is 0.488 e. The Bertz CT molecular complexity index is 789. The summed E-state index contributed by atoms with van der Waals surface area (Å²) in [7, 11) is -2.91. The number of benzene rings is 1. The number of amides is 1. The second kappa shape index (κ2) is 5.84. The van der Waals surface area contributed by atoms with Crippen molar-refractivity contribution in [1.29, 1.82) is 0 Å². The van der Waals surface area contributed by atoms with E-state index in [-0.39, 0.29) is 27.9 Å². The lowest BCUT2D eigenvalue weighted by Gasteiger charge is -2.24. The molecular formula is C15H21BN2O5S. The van der Waals surface area contributed by atoms with Crippen LogP contribution in [-0.2, 0) is 16.6 Å². The topological polar surface area (TPSA) is 98.2 Å². The number of hydrogen-bond acceptors (Lipinski definition) is 5. The highest BCUT2D eigenvalue weighted by atomic mass is 32.2. The summed E-state index contributed by atoms with van der Waals surface area (Å²) in [6, 6.07) is 2.73. The van der Waals surface area contributed by atoms with Crippen LogP contribution in [0.3, 0.4) is 0 Å². The maximum Gasteiger partial charge on any atom is 0.488 e. The van der Waals surface area contributed by atoms with Crippen molar-refractivity contribution in [2.24, 2.45) is 5.92 Å². The van der Waals surface area contributed by atoms with Gasteiger partial charge in [0.05, 0.1) is 10.5 Å². The monoisotopic (exact) mass is 352 g/mol.